The Labute approximate surface area is 228 Å². The molecule has 5 rings (SSSR count). The summed E-state index contributed by atoms with van der Waals surface area (Å²) in [5, 5.41) is 22.5. The molecule has 4 aromatic rings. The van der Waals surface area contributed by atoms with E-state index in [9.17, 15) is 10.1 Å². The number of hydrogen-bond donors (Lipinski definition) is 3. The molecule has 4 aromatic heterocycles. The smallest absolute Gasteiger partial charge is 0.413 e. The van der Waals surface area contributed by atoms with Crippen LogP contribution in [0.4, 0.5) is 16.6 Å². The van der Waals surface area contributed by atoms with Gasteiger partial charge in [-0.2, -0.15) is 10.4 Å². The number of ether oxygens (including phenoxy) is 2. The maximum Gasteiger partial charge on any atom is 0.413 e. The molecule has 14 heteroatoms. The molecule has 198 valence electrons. The zero-order chi connectivity index (χ0) is 27.2. The van der Waals surface area contributed by atoms with Crippen LogP contribution in [-0.4, -0.2) is 60.5 Å². The quantitative estimate of drug-likeness (QED) is 0.302. The van der Waals surface area contributed by atoms with E-state index in [1.807, 2.05) is 0 Å². The lowest BCUT2D eigenvalue weighted by atomic mass is 9.93. The first kappa shape index (κ1) is 25.8. The summed E-state index contributed by atoms with van der Waals surface area (Å²) < 4.78 is 10.6. The van der Waals surface area contributed by atoms with E-state index in [0.29, 0.717) is 41.0 Å². The number of methoxy groups -OCH3 is 1. The Morgan fingerprint density at radius 3 is 2.59 bits per heavy atom. The molecule has 3 N–H and O–H groups in total. The van der Waals surface area contributed by atoms with Crippen LogP contribution in [0.25, 0.3) is 22.5 Å². The maximum absolute atomic E-state index is 12.5. The van der Waals surface area contributed by atoms with Gasteiger partial charge in [0.05, 0.1) is 23.9 Å². The molecule has 1 saturated carbocycles. The van der Waals surface area contributed by atoms with Crippen molar-refractivity contribution in [2.75, 3.05) is 17.7 Å². The minimum absolute atomic E-state index is 0.0772. The van der Waals surface area contributed by atoms with Crippen molar-refractivity contribution in [1.82, 2.24) is 35.1 Å². The zero-order valence-electron chi connectivity index (χ0n) is 20.8. The lowest BCUT2D eigenvalue weighted by Gasteiger charge is -2.28. The number of nitrogens with zero attached hydrogens (tertiary/aromatic N) is 7. The van der Waals surface area contributed by atoms with E-state index in [2.05, 4.69) is 51.8 Å². The summed E-state index contributed by atoms with van der Waals surface area (Å²) >= 11 is 6.16. The van der Waals surface area contributed by atoms with Gasteiger partial charge in [0.25, 0.3) is 0 Å². The van der Waals surface area contributed by atoms with Crippen molar-refractivity contribution in [3.05, 3.63) is 53.7 Å². The Morgan fingerprint density at radius 1 is 1.10 bits per heavy atom. The van der Waals surface area contributed by atoms with Gasteiger partial charge in [-0.05, 0) is 43.4 Å². The Balaban J connectivity index is 1.14. The molecule has 1 amide bonds. The minimum atomic E-state index is -0.571. The normalized spacial score (nSPS) is 16.6. The van der Waals surface area contributed by atoms with E-state index in [1.54, 1.807) is 30.7 Å². The van der Waals surface area contributed by atoms with Gasteiger partial charge < -0.3 is 14.8 Å². The van der Waals surface area contributed by atoms with Gasteiger partial charge in [0.15, 0.2) is 0 Å². The zero-order valence-corrected chi connectivity index (χ0v) is 21.5. The molecule has 13 nitrogen and oxygen atoms in total. The van der Waals surface area contributed by atoms with Crippen LogP contribution in [0.5, 0.6) is 6.01 Å². The molecule has 0 bridgehead atoms. The summed E-state index contributed by atoms with van der Waals surface area (Å²) in [6, 6.07) is 5.92. The van der Waals surface area contributed by atoms with Crippen molar-refractivity contribution in [1.29, 1.82) is 5.26 Å². The lowest BCUT2D eigenvalue weighted by molar-refractivity contribution is 0.0840. The molecule has 1 fully saturated rings. The highest BCUT2D eigenvalue weighted by molar-refractivity contribution is 6.32. The van der Waals surface area contributed by atoms with Gasteiger partial charge in [-0.25, -0.2) is 29.7 Å². The Morgan fingerprint density at radius 2 is 1.90 bits per heavy atom. The Kier molecular flexibility index (Phi) is 7.74. The highest BCUT2D eigenvalue weighted by Crippen LogP contribution is 2.28. The van der Waals surface area contributed by atoms with Gasteiger partial charge in [-0.1, -0.05) is 11.6 Å². The van der Waals surface area contributed by atoms with Crippen LogP contribution < -0.4 is 15.4 Å². The van der Waals surface area contributed by atoms with E-state index in [4.69, 9.17) is 21.1 Å². The fourth-order valence-corrected chi connectivity index (χ4v) is 4.38. The van der Waals surface area contributed by atoms with Crippen LogP contribution in [0, 0.1) is 11.3 Å². The molecule has 0 spiro atoms. The Hall–Kier alpha value is -4.83. The predicted molar refractivity (Wildman–Crippen MR) is 141 cm³/mol. The first-order valence-corrected chi connectivity index (χ1v) is 12.4. The lowest BCUT2D eigenvalue weighted by Crippen LogP contribution is -2.32. The van der Waals surface area contributed by atoms with Crippen LogP contribution in [-0.2, 0) is 4.74 Å². The molecular weight excluding hydrogens is 524 g/mol. The van der Waals surface area contributed by atoms with Gasteiger partial charge in [0, 0.05) is 36.4 Å². The fraction of sp³-hybridized carbons (Fsp3) is 0.280. The fourth-order valence-electron chi connectivity index (χ4n) is 4.20. The number of carbonyl (C=O) groups excluding carboxylic acids is 1. The topological polar surface area (TPSA) is 177 Å². The molecular formula is C25H23ClN10O3. The number of hydrogen-bond acceptors (Lipinski definition) is 11. The van der Waals surface area contributed by atoms with Gasteiger partial charge in [0.2, 0.25) is 5.95 Å². The molecule has 39 heavy (non-hydrogen) atoms. The highest BCUT2D eigenvalue weighted by Gasteiger charge is 2.25. The number of carbonyl (C=O) groups is 1. The predicted octanol–water partition coefficient (Wildman–Crippen LogP) is 4.22. The highest BCUT2D eigenvalue weighted by atomic mass is 35.5. The number of anilines is 2. The molecule has 4 heterocycles. The number of amides is 1. The second-order valence-corrected chi connectivity index (χ2v) is 9.09. The minimum Gasteiger partial charge on any atom is -0.467 e. The monoisotopic (exact) mass is 546 g/mol. The summed E-state index contributed by atoms with van der Waals surface area (Å²) in [5.74, 6) is 0.729. The molecule has 0 aliphatic heterocycles. The summed E-state index contributed by atoms with van der Waals surface area (Å²) in [7, 11) is 1.50. The first-order valence-electron chi connectivity index (χ1n) is 12.1. The van der Waals surface area contributed by atoms with Crippen LogP contribution in [0.1, 0.15) is 31.2 Å². The van der Waals surface area contributed by atoms with Gasteiger partial charge in [-0.15, -0.1) is 0 Å². The third-order valence-corrected chi connectivity index (χ3v) is 6.43. The second kappa shape index (κ2) is 11.7. The van der Waals surface area contributed by atoms with Crippen molar-refractivity contribution in [3.8, 4) is 34.6 Å². The van der Waals surface area contributed by atoms with E-state index >= 15 is 0 Å². The van der Waals surface area contributed by atoms with Crippen LogP contribution >= 0.6 is 11.6 Å². The summed E-state index contributed by atoms with van der Waals surface area (Å²) in [4.78, 5) is 33.6. The summed E-state index contributed by atoms with van der Waals surface area (Å²) in [6.45, 7) is 0. The van der Waals surface area contributed by atoms with E-state index in [-0.39, 0.29) is 23.7 Å². The number of nitrogens with one attached hydrogen (secondary N) is 3. The largest absolute Gasteiger partial charge is 0.467 e. The first-order chi connectivity index (χ1) is 19.0. The molecule has 1 aliphatic carbocycles. The number of pyridine rings is 1. The number of aromatic nitrogens is 7. The SMILES string of the molecule is COc1ncc(-c2ccnc(NC(=O)O[C@H]3CC[C@H](Nc4ncc(C#N)c(-c5n[nH]cc5Cl)n4)CC3)c2)cn1. The molecule has 0 saturated heterocycles. The molecule has 0 atom stereocenters. The Bertz CT molecular complexity index is 1500. The van der Waals surface area contributed by atoms with E-state index in [0.717, 1.165) is 24.0 Å². The second-order valence-electron chi connectivity index (χ2n) is 8.69. The van der Waals surface area contributed by atoms with Crippen molar-refractivity contribution < 1.29 is 14.3 Å². The number of halogens is 1. The molecule has 0 radical (unpaired) electrons. The molecule has 1 aliphatic rings. The van der Waals surface area contributed by atoms with Crippen molar-refractivity contribution in [2.45, 2.75) is 37.8 Å². The third-order valence-electron chi connectivity index (χ3n) is 6.14. The van der Waals surface area contributed by atoms with Gasteiger partial charge in [-0.3, -0.25) is 10.4 Å². The average Bonchev–Trinajstić information content (AvgIpc) is 3.39. The average molecular weight is 547 g/mol. The number of rotatable bonds is 7. The van der Waals surface area contributed by atoms with Crippen molar-refractivity contribution >= 4 is 29.5 Å². The van der Waals surface area contributed by atoms with Crippen LogP contribution in [0.15, 0.2) is 43.1 Å². The summed E-state index contributed by atoms with van der Waals surface area (Å²) in [6.07, 6.45) is 9.81. The third kappa shape index (κ3) is 6.19. The number of H-pyrrole nitrogens is 1. The van der Waals surface area contributed by atoms with Crippen LogP contribution in [0.3, 0.4) is 0 Å². The van der Waals surface area contributed by atoms with Crippen molar-refractivity contribution in [3.63, 3.8) is 0 Å². The number of aromatic amines is 1. The van der Waals surface area contributed by atoms with Crippen molar-refractivity contribution in [2.24, 2.45) is 0 Å². The van der Waals surface area contributed by atoms with Gasteiger partial charge in [0.1, 0.15) is 29.4 Å². The van der Waals surface area contributed by atoms with E-state index in [1.165, 1.54) is 19.5 Å². The van der Waals surface area contributed by atoms with Gasteiger partial charge >= 0.3 is 12.1 Å². The van der Waals surface area contributed by atoms with Crippen LogP contribution in [0.2, 0.25) is 5.02 Å². The van der Waals surface area contributed by atoms with E-state index < -0.39 is 6.09 Å². The molecule has 0 unspecified atom stereocenters. The standard InChI is InChI=1S/C25H23ClN10O3/c1-38-24-30-11-16(12-31-24)14-6-7-28-20(8-14)34-25(37)39-18-4-2-17(3-5-18)33-23-29-10-15(9-27)21(35-23)22-19(26)13-32-36-22/h6-8,10-13,17-18H,2-5H2,1H3,(H,32,36)(H,28,34,37)(H,29,33,35)/t17-,18-. The maximum atomic E-state index is 12.5. The number of nitriles is 1. The molecule has 0 aromatic carbocycles. The summed E-state index contributed by atoms with van der Waals surface area (Å²) in [5.41, 5.74) is 2.56.